The molecule has 3 N–H and O–H groups in total. The van der Waals surface area contributed by atoms with Crippen molar-refractivity contribution in [2.75, 3.05) is 0 Å². The number of nitro groups is 1. The number of phenolic OH excluding ortho intramolecular Hbond substituents is 1. The minimum Gasteiger partial charge on any atom is -0.506 e. The first-order valence-corrected chi connectivity index (χ1v) is 4.81. The van der Waals surface area contributed by atoms with Crippen LogP contribution in [0.25, 0.3) is 0 Å². The normalized spacial score (nSPS) is 11.4. The SMILES string of the molecule is C=C[C@@H](N)c1cc([N+](=O)[O-])cc(Br)c1O.Cl. The van der Waals surface area contributed by atoms with Crippen LogP contribution in [-0.4, -0.2) is 10.0 Å². The molecule has 0 aromatic heterocycles. The van der Waals surface area contributed by atoms with Gasteiger partial charge in [0, 0.05) is 17.7 Å². The molecule has 0 aliphatic heterocycles. The standard InChI is InChI=1S/C9H9BrN2O3.ClH/c1-2-8(11)6-3-5(12(14)15)4-7(10)9(6)13;/h2-4,8,13H,1,11H2;1H/t8-;/m1./s1. The van der Waals surface area contributed by atoms with Crippen LogP contribution in [0.5, 0.6) is 5.75 Å². The van der Waals surface area contributed by atoms with Crippen LogP contribution in [-0.2, 0) is 0 Å². The van der Waals surface area contributed by atoms with Gasteiger partial charge in [0.1, 0.15) is 5.75 Å². The fourth-order valence-electron chi connectivity index (χ4n) is 1.09. The third-order valence-electron chi connectivity index (χ3n) is 1.90. The van der Waals surface area contributed by atoms with Crippen LogP contribution >= 0.6 is 28.3 Å². The van der Waals surface area contributed by atoms with Crippen molar-refractivity contribution in [1.29, 1.82) is 0 Å². The zero-order chi connectivity index (χ0) is 11.6. The predicted octanol–water partition coefficient (Wildman–Crippen LogP) is 2.67. The molecule has 0 amide bonds. The summed E-state index contributed by atoms with van der Waals surface area (Å²) in [6.45, 7) is 3.46. The molecule has 0 radical (unpaired) electrons. The maximum absolute atomic E-state index is 10.6. The van der Waals surface area contributed by atoms with E-state index in [9.17, 15) is 15.2 Å². The van der Waals surface area contributed by atoms with Gasteiger partial charge >= 0.3 is 0 Å². The molecule has 16 heavy (non-hydrogen) atoms. The number of benzene rings is 1. The molecule has 5 nitrogen and oxygen atoms in total. The Balaban J connectivity index is 0.00000225. The molecule has 88 valence electrons. The summed E-state index contributed by atoms with van der Waals surface area (Å²) in [5.74, 6) is -0.104. The Bertz CT molecular complexity index is 425. The van der Waals surface area contributed by atoms with E-state index in [0.29, 0.717) is 0 Å². The highest BCUT2D eigenvalue weighted by molar-refractivity contribution is 9.10. The Morgan fingerprint density at radius 1 is 1.62 bits per heavy atom. The molecule has 7 heteroatoms. The smallest absolute Gasteiger partial charge is 0.271 e. The summed E-state index contributed by atoms with van der Waals surface area (Å²) < 4.78 is 0.240. The number of hydrogen-bond donors (Lipinski definition) is 2. The average molecular weight is 310 g/mol. The molecule has 0 saturated carbocycles. The number of halogens is 2. The third kappa shape index (κ3) is 2.94. The van der Waals surface area contributed by atoms with E-state index in [1.807, 2.05) is 0 Å². The van der Waals surface area contributed by atoms with Crippen LogP contribution in [0.3, 0.4) is 0 Å². The highest BCUT2D eigenvalue weighted by Crippen LogP contribution is 2.35. The Morgan fingerprint density at radius 2 is 2.19 bits per heavy atom. The van der Waals surface area contributed by atoms with Crippen LogP contribution in [0, 0.1) is 10.1 Å². The largest absolute Gasteiger partial charge is 0.506 e. The number of rotatable bonds is 3. The van der Waals surface area contributed by atoms with Gasteiger partial charge in [0.2, 0.25) is 0 Å². The lowest BCUT2D eigenvalue weighted by Crippen LogP contribution is -2.07. The van der Waals surface area contributed by atoms with Gasteiger partial charge in [0.15, 0.2) is 0 Å². The van der Waals surface area contributed by atoms with E-state index in [0.717, 1.165) is 0 Å². The van der Waals surface area contributed by atoms with Gasteiger partial charge in [-0.2, -0.15) is 0 Å². The minimum absolute atomic E-state index is 0. The predicted molar refractivity (Wildman–Crippen MR) is 66.8 cm³/mol. The van der Waals surface area contributed by atoms with Crippen molar-refractivity contribution in [3.8, 4) is 5.75 Å². The van der Waals surface area contributed by atoms with E-state index in [4.69, 9.17) is 5.73 Å². The first-order chi connectivity index (χ1) is 6.97. The van der Waals surface area contributed by atoms with Crippen LogP contribution in [0.15, 0.2) is 29.3 Å². The summed E-state index contributed by atoms with van der Waals surface area (Å²) in [5, 5.41) is 20.2. The summed E-state index contributed by atoms with van der Waals surface area (Å²) in [6.07, 6.45) is 1.39. The van der Waals surface area contributed by atoms with Gasteiger partial charge in [-0.1, -0.05) is 6.08 Å². The molecule has 0 bridgehead atoms. The Labute approximate surface area is 107 Å². The summed E-state index contributed by atoms with van der Waals surface area (Å²) in [6, 6.07) is 1.81. The zero-order valence-electron chi connectivity index (χ0n) is 8.09. The van der Waals surface area contributed by atoms with Crippen LogP contribution in [0.4, 0.5) is 5.69 Å². The number of nitrogens with two attached hydrogens (primary N) is 1. The monoisotopic (exact) mass is 308 g/mol. The lowest BCUT2D eigenvalue weighted by atomic mass is 10.1. The van der Waals surface area contributed by atoms with Crippen LogP contribution in [0.1, 0.15) is 11.6 Å². The van der Waals surface area contributed by atoms with Crippen molar-refractivity contribution >= 4 is 34.0 Å². The molecular weight excluding hydrogens is 299 g/mol. The summed E-state index contributed by atoms with van der Waals surface area (Å²) in [4.78, 5) is 10.0. The van der Waals surface area contributed by atoms with Gasteiger partial charge < -0.3 is 10.8 Å². The molecule has 1 aromatic carbocycles. The number of non-ortho nitro benzene ring substituents is 1. The van der Waals surface area contributed by atoms with E-state index in [1.54, 1.807) is 0 Å². The fraction of sp³-hybridized carbons (Fsp3) is 0.111. The molecule has 1 rings (SSSR count). The van der Waals surface area contributed by atoms with E-state index in [1.165, 1.54) is 18.2 Å². The molecule has 0 aliphatic carbocycles. The molecule has 1 aromatic rings. The number of nitrogens with zero attached hydrogens (tertiary/aromatic N) is 1. The Morgan fingerprint density at radius 3 is 2.62 bits per heavy atom. The van der Waals surface area contributed by atoms with Crippen LogP contribution in [0.2, 0.25) is 0 Å². The zero-order valence-corrected chi connectivity index (χ0v) is 10.5. The number of aromatic hydroxyl groups is 1. The van der Waals surface area contributed by atoms with E-state index in [2.05, 4.69) is 22.5 Å². The van der Waals surface area contributed by atoms with Gasteiger partial charge in [-0.15, -0.1) is 19.0 Å². The van der Waals surface area contributed by atoms with Crippen molar-refractivity contribution in [2.24, 2.45) is 5.73 Å². The van der Waals surface area contributed by atoms with Crippen molar-refractivity contribution < 1.29 is 10.0 Å². The Kier molecular flexibility index (Phi) is 5.43. The number of hydrogen-bond acceptors (Lipinski definition) is 4. The number of nitro benzene ring substituents is 1. The van der Waals surface area contributed by atoms with Crippen LogP contribution < -0.4 is 5.73 Å². The fourth-order valence-corrected chi connectivity index (χ4v) is 1.56. The molecule has 0 saturated heterocycles. The van der Waals surface area contributed by atoms with Crippen molar-refractivity contribution in [3.63, 3.8) is 0 Å². The van der Waals surface area contributed by atoms with Crippen molar-refractivity contribution in [1.82, 2.24) is 0 Å². The van der Waals surface area contributed by atoms with Gasteiger partial charge in [-0.3, -0.25) is 10.1 Å². The van der Waals surface area contributed by atoms with Gasteiger partial charge in [-0.05, 0) is 15.9 Å². The molecule has 0 aliphatic rings. The third-order valence-corrected chi connectivity index (χ3v) is 2.51. The summed E-state index contributed by atoms with van der Waals surface area (Å²) in [5.41, 5.74) is 5.75. The van der Waals surface area contributed by atoms with Crippen molar-refractivity contribution in [2.45, 2.75) is 6.04 Å². The molecule has 0 unspecified atom stereocenters. The molecular formula is C9H10BrClN2O3. The van der Waals surface area contributed by atoms with Crippen molar-refractivity contribution in [3.05, 3.63) is 44.9 Å². The van der Waals surface area contributed by atoms with E-state index in [-0.39, 0.29) is 33.9 Å². The topological polar surface area (TPSA) is 89.4 Å². The quantitative estimate of drug-likeness (QED) is 0.510. The first-order valence-electron chi connectivity index (χ1n) is 4.02. The van der Waals surface area contributed by atoms with Gasteiger partial charge in [-0.25, -0.2) is 0 Å². The maximum atomic E-state index is 10.6. The van der Waals surface area contributed by atoms with Gasteiger partial charge in [0.05, 0.1) is 15.4 Å². The second-order valence-electron chi connectivity index (χ2n) is 2.88. The van der Waals surface area contributed by atoms with Gasteiger partial charge in [0.25, 0.3) is 5.69 Å². The minimum atomic E-state index is -0.638. The lowest BCUT2D eigenvalue weighted by molar-refractivity contribution is -0.385. The Hall–Kier alpha value is -1.11. The highest BCUT2D eigenvalue weighted by Gasteiger charge is 2.17. The molecule has 0 fully saturated rings. The highest BCUT2D eigenvalue weighted by atomic mass is 79.9. The average Bonchev–Trinajstić information content (AvgIpc) is 2.20. The summed E-state index contributed by atoms with van der Waals surface area (Å²) >= 11 is 3.02. The lowest BCUT2D eigenvalue weighted by Gasteiger charge is -2.10. The second kappa shape index (κ2) is 5.83. The van der Waals surface area contributed by atoms with E-state index >= 15 is 0 Å². The number of phenols is 1. The molecule has 0 heterocycles. The molecule has 0 spiro atoms. The van der Waals surface area contributed by atoms with E-state index < -0.39 is 11.0 Å². The summed E-state index contributed by atoms with van der Waals surface area (Å²) in [7, 11) is 0. The maximum Gasteiger partial charge on any atom is 0.271 e. The molecule has 1 atom stereocenters. The first kappa shape index (κ1) is 14.9. The second-order valence-corrected chi connectivity index (χ2v) is 3.74.